The molecule has 76 valence electrons. The molecule has 3 heteroatoms. The highest BCUT2D eigenvalue weighted by molar-refractivity contribution is 5.47. The van der Waals surface area contributed by atoms with Crippen LogP contribution in [0.15, 0.2) is 12.1 Å². The molecule has 0 saturated carbocycles. The lowest BCUT2D eigenvalue weighted by molar-refractivity contribution is 0.265. The lowest BCUT2D eigenvalue weighted by atomic mass is 10.0. The van der Waals surface area contributed by atoms with Crippen LogP contribution in [-0.4, -0.2) is 18.8 Å². The van der Waals surface area contributed by atoms with Crippen LogP contribution in [0, 0.1) is 0 Å². The monoisotopic (exact) mass is 194 g/mol. The Morgan fingerprint density at radius 1 is 1.50 bits per heavy atom. The average Bonchev–Trinajstić information content (AvgIpc) is 2.27. The minimum Gasteiger partial charge on any atom is -0.496 e. The van der Waals surface area contributed by atoms with E-state index < -0.39 is 0 Å². The molecule has 1 N–H and O–H groups in total. The molecule has 14 heavy (non-hydrogen) atoms. The largest absolute Gasteiger partial charge is 0.496 e. The average molecular weight is 194 g/mol. The number of hydrogen-bond acceptors (Lipinski definition) is 3. The molecule has 0 aliphatic carbocycles. The molecule has 0 saturated heterocycles. The number of ether oxygens (including phenoxy) is 2. The number of aryl methyl sites for hydroxylation is 1. The third-order valence-electron chi connectivity index (χ3n) is 2.48. The molecule has 1 aliphatic heterocycles. The van der Waals surface area contributed by atoms with Crippen molar-refractivity contribution in [1.29, 1.82) is 0 Å². The van der Waals surface area contributed by atoms with Gasteiger partial charge in [0.2, 0.25) is 0 Å². The molecule has 1 aromatic rings. The van der Waals surface area contributed by atoms with Crippen molar-refractivity contribution in [3.05, 3.63) is 23.3 Å². The Hall–Kier alpha value is -1.22. The summed E-state index contributed by atoms with van der Waals surface area (Å²) in [4.78, 5) is 0. The van der Waals surface area contributed by atoms with Crippen molar-refractivity contribution in [3.63, 3.8) is 0 Å². The summed E-state index contributed by atoms with van der Waals surface area (Å²) < 4.78 is 10.7. The van der Waals surface area contributed by atoms with Crippen molar-refractivity contribution < 1.29 is 14.6 Å². The predicted octanol–water partition coefficient (Wildman–Crippen LogP) is 1.51. The van der Waals surface area contributed by atoms with Crippen molar-refractivity contribution in [2.45, 2.75) is 19.4 Å². The zero-order chi connectivity index (χ0) is 9.97. The molecule has 1 aromatic carbocycles. The summed E-state index contributed by atoms with van der Waals surface area (Å²) in [7, 11) is 1.62. The second-order valence-electron chi connectivity index (χ2n) is 3.38. The molecule has 0 bridgehead atoms. The third-order valence-corrected chi connectivity index (χ3v) is 2.48. The normalized spacial score (nSPS) is 14.4. The summed E-state index contributed by atoms with van der Waals surface area (Å²) in [6.45, 7) is 0.754. The van der Waals surface area contributed by atoms with Gasteiger partial charge in [0.15, 0.2) is 0 Å². The molecular weight excluding hydrogens is 180 g/mol. The van der Waals surface area contributed by atoms with E-state index in [4.69, 9.17) is 14.6 Å². The fourth-order valence-corrected chi connectivity index (χ4v) is 1.73. The Kier molecular flexibility index (Phi) is 2.59. The molecule has 0 spiro atoms. The van der Waals surface area contributed by atoms with Gasteiger partial charge in [-0.25, -0.2) is 0 Å². The van der Waals surface area contributed by atoms with Crippen LogP contribution in [-0.2, 0) is 13.0 Å². The number of benzene rings is 1. The number of rotatable bonds is 2. The van der Waals surface area contributed by atoms with Gasteiger partial charge in [-0.05, 0) is 30.5 Å². The Bertz CT molecular complexity index is 289. The second-order valence-corrected chi connectivity index (χ2v) is 3.38. The van der Waals surface area contributed by atoms with Crippen LogP contribution in [0.1, 0.15) is 17.5 Å². The lowest BCUT2D eigenvalue weighted by Gasteiger charge is -2.19. The fraction of sp³-hybridized carbons (Fsp3) is 0.455. The molecule has 2 rings (SSSR count). The van der Waals surface area contributed by atoms with Crippen LogP contribution in [0.25, 0.3) is 0 Å². The van der Waals surface area contributed by atoms with Crippen molar-refractivity contribution >= 4 is 0 Å². The highest BCUT2D eigenvalue weighted by atomic mass is 16.5. The van der Waals surface area contributed by atoms with Crippen LogP contribution in [0.2, 0.25) is 0 Å². The quantitative estimate of drug-likeness (QED) is 0.775. The smallest absolute Gasteiger partial charge is 0.124 e. The Balaban J connectivity index is 2.43. The maximum atomic E-state index is 9.12. The Morgan fingerprint density at radius 3 is 3.07 bits per heavy atom. The first-order chi connectivity index (χ1) is 6.85. The van der Waals surface area contributed by atoms with Crippen LogP contribution in [0.5, 0.6) is 11.5 Å². The summed E-state index contributed by atoms with van der Waals surface area (Å²) in [6.07, 6.45) is 2.08. The third kappa shape index (κ3) is 1.55. The topological polar surface area (TPSA) is 38.7 Å². The molecule has 3 nitrogen and oxygen atoms in total. The molecule has 0 atom stereocenters. The van der Waals surface area contributed by atoms with Gasteiger partial charge in [-0.15, -0.1) is 0 Å². The number of hydrogen-bond donors (Lipinski definition) is 1. The van der Waals surface area contributed by atoms with Gasteiger partial charge in [-0.1, -0.05) is 0 Å². The summed E-state index contributed by atoms with van der Waals surface area (Å²) in [5.74, 6) is 1.64. The van der Waals surface area contributed by atoms with Gasteiger partial charge in [-0.3, -0.25) is 0 Å². The van der Waals surface area contributed by atoms with Gasteiger partial charge < -0.3 is 14.6 Å². The second kappa shape index (κ2) is 3.88. The number of fused-ring (bicyclic) bond motifs is 1. The highest BCUT2D eigenvalue weighted by Crippen LogP contribution is 2.32. The summed E-state index contributed by atoms with van der Waals surface area (Å²) in [5, 5.41) is 9.12. The zero-order valence-corrected chi connectivity index (χ0v) is 8.25. The van der Waals surface area contributed by atoms with E-state index in [1.165, 1.54) is 5.56 Å². The van der Waals surface area contributed by atoms with Crippen LogP contribution < -0.4 is 9.47 Å². The van der Waals surface area contributed by atoms with E-state index in [0.29, 0.717) is 0 Å². The number of aliphatic hydroxyl groups excluding tert-OH is 1. The van der Waals surface area contributed by atoms with E-state index in [1.807, 2.05) is 12.1 Å². The van der Waals surface area contributed by atoms with Crippen LogP contribution >= 0.6 is 0 Å². The molecule has 0 amide bonds. The molecule has 0 radical (unpaired) electrons. The van der Waals surface area contributed by atoms with E-state index >= 15 is 0 Å². The van der Waals surface area contributed by atoms with Crippen molar-refractivity contribution in [2.75, 3.05) is 13.7 Å². The van der Waals surface area contributed by atoms with Gasteiger partial charge in [0.25, 0.3) is 0 Å². The summed E-state index contributed by atoms with van der Waals surface area (Å²) in [6, 6.07) is 3.83. The minimum absolute atomic E-state index is 0.0141. The van der Waals surface area contributed by atoms with Gasteiger partial charge >= 0.3 is 0 Å². The Labute approximate surface area is 83.3 Å². The van der Waals surface area contributed by atoms with Gasteiger partial charge in [0, 0.05) is 5.56 Å². The number of methoxy groups -OCH3 is 1. The first-order valence-electron chi connectivity index (χ1n) is 4.78. The molecule has 0 aromatic heterocycles. The van der Waals surface area contributed by atoms with Crippen LogP contribution in [0.3, 0.4) is 0 Å². The first-order valence-corrected chi connectivity index (χ1v) is 4.78. The summed E-state index contributed by atoms with van der Waals surface area (Å²) in [5.41, 5.74) is 1.96. The zero-order valence-electron chi connectivity index (χ0n) is 8.25. The van der Waals surface area contributed by atoms with Gasteiger partial charge in [0.1, 0.15) is 11.5 Å². The maximum Gasteiger partial charge on any atom is 0.124 e. The molecule has 0 unspecified atom stereocenters. The molecular formula is C11H14O3. The Morgan fingerprint density at radius 2 is 2.36 bits per heavy atom. The van der Waals surface area contributed by atoms with E-state index in [-0.39, 0.29) is 6.61 Å². The van der Waals surface area contributed by atoms with E-state index in [9.17, 15) is 0 Å². The highest BCUT2D eigenvalue weighted by Gasteiger charge is 2.14. The van der Waals surface area contributed by atoms with Crippen molar-refractivity contribution in [1.82, 2.24) is 0 Å². The van der Waals surface area contributed by atoms with Crippen molar-refractivity contribution in [2.24, 2.45) is 0 Å². The van der Waals surface area contributed by atoms with Crippen LogP contribution in [0.4, 0.5) is 0 Å². The van der Waals surface area contributed by atoms with Gasteiger partial charge in [-0.2, -0.15) is 0 Å². The van der Waals surface area contributed by atoms with Gasteiger partial charge in [0.05, 0.1) is 20.3 Å². The van der Waals surface area contributed by atoms with E-state index in [0.717, 1.165) is 36.5 Å². The fourth-order valence-electron chi connectivity index (χ4n) is 1.73. The number of aliphatic hydroxyl groups is 1. The minimum atomic E-state index is -0.0141. The SMILES string of the molecule is COc1cc2c(cc1CO)OCCC2. The molecule has 1 heterocycles. The summed E-state index contributed by atoms with van der Waals surface area (Å²) >= 11 is 0. The maximum absolute atomic E-state index is 9.12. The standard InChI is InChI=1S/C11H14O3/c1-13-10-5-8-3-2-4-14-11(8)6-9(10)7-12/h5-6,12H,2-4,7H2,1H3. The van der Waals surface area contributed by atoms with E-state index in [1.54, 1.807) is 7.11 Å². The molecule has 1 aliphatic rings. The lowest BCUT2D eigenvalue weighted by Crippen LogP contribution is -2.09. The predicted molar refractivity (Wildman–Crippen MR) is 52.7 cm³/mol. The first kappa shape index (κ1) is 9.34. The van der Waals surface area contributed by atoms with Crippen molar-refractivity contribution in [3.8, 4) is 11.5 Å². The van der Waals surface area contributed by atoms with E-state index in [2.05, 4.69) is 0 Å². The molecule has 0 fully saturated rings.